The van der Waals surface area contributed by atoms with Gasteiger partial charge in [0.15, 0.2) is 0 Å². The first kappa shape index (κ1) is 30.0. The number of benzene rings is 2. The molecule has 0 spiro atoms. The number of aromatic hydroxyl groups is 1. The van der Waals surface area contributed by atoms with Crippen LogP contribution < -0.4 is 16.1 Å². The van der Waals surface area contributed by atoms with E-state index in [1.807, 2.05) is 31.2 Å². The van der Waals surface area contributed by atoms with Crippen molar-refractivity contribution in [3.05, 3.63) is 86.3 Å². The highest BCUT2D eigenvalue weighted by atomic mass is 19.4. The van der Waals surface area contributed by atoms with Crippen LogP contribution in [-0.4, -0.2) is 20.8 Å². The van der Waals surface area contributed by atoms with Gasteiger partial charge >= 0.3 is 17.5 Å². The third-order valence-corrected chi connectivity index (χ3v) is 7.03. The van der Waals surface area contributed by atoms with Crippen molar-refractivity contribution < 1.29 is 27.4 Å². The lowest BCUT2D eigenvalue weighted by molar-refractivity contribution is -0.136. The lowest BCUT2D eigenvalue weighted by Gasteiger charge is -2.19. The summed E-state index contributed by atoms with van der Waals surface area (Å²) in [7, 11) is 0. The minimum absolute atomic E-state index is 0.0143. The largest absolute Gasteiger partial charge is 0.493 e. The second-order valence-corrected chi connectivity index (χ2v) is 11.1. The van der Waals surface area contributed by atoms with Gasteiger partial charge < -0.3 is 14.3 Å². The summed E-state index contributed by atoms with van der Waals surface area (Å²) in [5.41, 5.74) is -0.293. The van der Waals surface area contributed by atoms with E-state index in [1.54, 1.807) is 0 Å². The molecule has 0 aliphatic carbocycles. The topological polar surface area (TPSA) is 86.6 Å². The molecule has 41 heavy (non-hydrogen) atoms. The van der Waals surface area contributed by atoms with Gasteiger partial charge in [0.05, 0.1) is 24.1 Å². The average Bonchev–Trinajstić information content (AvgIpc) is 3.18. The molecule has 0 aliphatic heterocycles. The number of aryl methyl sites for hydroxylation is 1. The van der Waals surface area contributed by atoms with E-state index in [0.29, 0.717) is 61.7 Å². The summed E-state index contributed by atoms with van der Waals surface area (Å²) in [6, 6.07) is 10.9. The molecule has 0 saturated carbocycles. The van der Waals surface area contributed by atoms with E-state index in [4.69, 9.17) is 9.15 Å². The SMILES string of the molecule is CCCc1c(OCCCCCn2c(O)cn(-c3ccc(C(C)(C)C)cc3)c2=O)ccc2c(C(F)(F)F)cc(=O)oc12. The van der Waals surface area contributed by atoms with Crippen molar-refractivity contribution in [1.82, 2.24) is 9.13 Å². The Hall–Kier alpha value is -3.95. The van der Waals surface area contributed by atoms with E-state index >= 15 is 0 Å². The van der Waals surface area contributed by atoms with Gasteiger partial charge in [-0.05, 0) is 60.9 Å². The lowest BCUT2D eigenvalue weighted by Crippen LogP contribution is -2.23. The van der Waals surface area contributed by atoms with Crippen LogP contribution in [-0.2, 0) is 24.6 Å². The third-order valence-electron chi connectivity index (χ3n) is 7.03. The number of imidazole rings is 1. The molecule has 220 valence electrons. The highest BCUT2D eigenvalue weighted by Gasteiger charge is 2.34. The van der Waals surface area contributed by atoms with E-state index in [9.17, 15) is 27.9 Å². The number of halogens is 3. The summed E-state index contributed by atoms with van der Waals surface area (Å²) in [6.45, 7) is 8.81. The van der Waals surface area contributed by atoms with Gasteiger partial charge in [0, 0.05) is 23.6 Å². The zero-order chi connectivity index (χ0) is 29.9. The molecule has 0 fully saturated rings. The second-order valence-electron chi connectivity index (χ2n) is 11.1. The van der Waals surface area contributed by atoms with Gasteiger partial charge in [0.25, 0.3) is 0 Å². The molecule has 10 heteroatoms. The Morgan fingerprint density at radius 3 is 2.32 bits per heavy atom. The highest BCUT2D eigenvalue weighted by molar-refractivity contribution is 5.85. The number of rotatable bonds is 10. The predicted molar refractivity (Wildman–Crippen MR) is 151 cm³/mol. The molecular weight excluding hydrogens is 537 g/mol. The number of alkyl halides is 3. The van der Waals surface area contributed by atoms with Crippen molar-refractivity contribution in [2.45, 2.75) is 77.9 Å². The van der Waals surface area contributed by atoms with Crippen LogP contribution in [0.15, 0.2) is 62.7 Å². The third kappa shape index (κ3) is 6.69. The lowest BCUT2D eigenvalue weighted by atomic mass is 9.87. The van der Waals surface area contributed by atoms with E-state index in [2.05, 4.69) is 20.8 Å². The minimum Gasteiger partial charge on any atom is -0.493 e. The molecular formula is C31H35F3N2O5. The molecule has 4 aromatic rings. The fraction of sp³-hybridized carbons (Fsp3) is 0.419. The van der Waals surface area contributed by atoms with Crippen LogP contribution in [0.5, 0.6) is 11.6 Å². The van der Waals surface area contributed by atoms with Crippen LogP contribution in [0.1, 0.15) is 70.1 Å². The Morgan fingerprint density at radius 2 is 1.68 bits per heavy atom. The Bertz CT molecular complexity index is 1620. The number of ether oxygens (including phenoxy) is 1. The quantitative estimate of drug-likeness (QED) is 0.164. The number of hydrogen-bond donors (Lipinski definition) is 1. The predicted octanol–water partition coefficient (Wildman–Crippen LogP) is 6.97. The van der Waals surface area contributed by atoms with Gasteiger partial charge in [0.2, 0.25) is 5.88 Å². The van der Waals surface area contributed by atoms with Crippen molar-refractivity contribution in [1.29, 1.82) is 0 Å². The maximum Gasteiger partial charge on any atom is 0.417 e. The van der Waals surface area contributed by atoms with Crippen molar-refractivity contribution in [2.24, 2.45) is 0 Å². The number of fused-ring (bicyclic) bond motifs is 1. The molecule has 4 rings (SSSR count). The number of aromatic nitrogens is 2. The van der Waals surface area contributed by atoms with Gasteiger partial charge in [-0.2, -0.15) is 13.2 Å². The fourth-order valence-corrected chi connectivity index (χ4v) is 4.84. The van der Waals surface area contributed by atoms with Crippen LogP contribution in [0.25, 0.3) is 16.7 Å². The van der Waals surface area contributed by atoms with Gasteiger partial charge in [-0.1, -0.05) is 46.2 Å². The summed E-state index contributed by atoms with van der Waals surface area (Å²) in [4.78, 5) is 24.8. The first-order valence-electron chi connectivity index (χ1n) is 13.7. The first-order valence-corrected chi connectivity index (χ1v) is 13.7. The zero-order valence-electron chi connectivity index (χ0n) is 23.7. The molecule has 0 atom stereocenters. The smallest absolute Gasteiger partial charge is 0.417 e. The summed E-state index contributed by atoms with van der Waals surface area (Å²) in [6.07, 6.45) is -0.373. The monoisotopic (exact) mass is 572 g/mol. The van der Waals surface area contributed by atoms with E-state index < -0.39 is 17.4 Å². The Morgan fingerprint density at radius 1 is 0.976 bits per heavy atom. The van der Waals surface area contributed by atoms with Crippen molar-refractivity contribution >= 4 is 11.0 Å². The van der Waals surface area contributed by atoms with E-state index in [-0.39, 0.29) is 34.6 Å². The highest BCUT2D eigenvalue weighted by Crippen LogP contribution is 2.37. The second kappa shape index (κ2) is 11.9. The number of unbranched alkanes of at least 4 members (excludes halogenated alkanes) is 2. The molecule has 1 N–H and O–H groups in total. The molecule has 0 aliphatic rings. The maximum atomic E-state index is 13.5. The molecule has 0 radical (unpaired) electrons. The van der Waals surface area contributed by atoms with Crippen molar-refractivity contribution in [3.8, 4) is 17.3 Å². The zero-order valence-corrected chi connectivity index (χ0v) is 23.7. The summed E-state index contributed by atoms with van der Waals surface area (Å²) >= 11 is 0. The fourth-order valence-electron chi connectivity index (χ4n) is 4.84. The standard InChI is InChI=1S/C31H35F3N2O5/c1-5-9-23-25(15-14-22-24(31(32,33)34)18-27(38)41-28(22)23)40-17-8-6-7-16-35-26(37)19-36(29(35)39)21-12-10-20(11-13-21)30(2,3)4/h10-15,18-19,37H,5-9,16-17H2,1-4H3. The van der Waals surface area contributed by atoms with Crippen LogP contribution in [0.3, 0.4) is 0 Å². The van der Waals surface area contributed by atoms with Gasteiger partial charge in [-0.3, -0.25) is 9.13 Å². The summed E-state index contributed by atoms with van der Waals surface area (Å²) < 4.78 is 54.3. The molecule has 0 unspecified atom stereocenters. The number of hydrogen-bond acceptors (Lipinski definition) is 5. The molecule has 0 saturated heterocycles. The number of nitrogens with zero attached hydrogens (tertiary/aromatic N) is 2. The van der Waals surface area contributed by atoms with E-state index in [0.717, 1.165) is 5.56 Å². The first-order chi connectivity index (χ1) is 19.3. The molecule has 0 amide bonds. The van der Waals surface area contributed by atoms with Gasteiger partial charge in [-0.15, -0.1) is 0 Å². The van der Waals surface area contributed by atoms with Crippen molar-refractivity contribution in [2.75, 3.05) is 6.61 Å². The molecule has 7 nitrogen and oxygen atoms in total. The average molecular weight is 573 g/mol. The normalized spacial score (nSPS) is 12.3. The van der Waals surface area contributed by atoms with Gasteiger partial charge in [0.1, 0.15) is 11.3 Å². The van der Waals surface area contributed by atoms with Gasteiger partial charge in [-0.25, -0.2) is 9.59 Å². The molecule has 0 bridgehead atoms. The summed E-state index contributed by atoms with van der Waals surface area (Å²) in [5.74, 6) is 0.261. The summed E-state index contributed by atoms with van der Waals surface area (Å²) in [5, 5.41) is 10.2. The van der Waals surface area contributed by atoms with Crippen LogP contribution in [0.4, 0.5) is 13.2 Å². The molecule has 2 heterocycles. The molecule has 2 aromatic heterocycles. The van der Waals surface area contributed by atoms with Crippen LogP contribution in [0.2, 0.25) is 0 Å². The van der Waals surface area contributed by atoms with Crippen LogP contribution >= 0.6 is 0 Å². The Labute approximate surface area is 235 Å². The Kier molecular flexibility index (Phi) is 8.70. The van der Waals surface area contributed by atoms with E-state index in [1.165, 1.54) is 27.5 Å². The Balaban J connectivity index is 1.38. The minimum atomic E-state index is -4.69. The molecule has 2 aromatic carbocycles. The van der Waals surface area contributed by atoms with Crippen molar-refractivity contribution in [3.63, 3.8) is 0 Å². The maximum absolute atomic E-state index is 13.5. The van der Waals surface area contributed by atoms with Crippen LogP contribution in [0, 0.1) is 0 Å².